The van der Waals surface area contributed by atoms with E-state index in [1.54, 1.807) is 17.0 Å². The molecule has 3 heteroatoms. The molecule has 0 atom stereocenters. The number of aromatic nitrogens is 3. The highest BCUT2D eigenvalue weighted by Gasteiger charge is 2.03. The van der Waals surface area contributed by atoms with E-state index >= 15 is 0 Å². The summed E-state index contributed by atoms with van der Waals surface area (Å²) in [5, 5.41) is 4.27. The van der Waals surface area contributed by atoms with Crippen molar-refractivity contribution in [2.75, 3.05) is 0 Å². The molecule has 0 saturated carbocycles. The van der Waals surface area contributed by atoms with Crippen molar-refractivity contribution in [1.29, 1.82) is 0 Å². The smallest absolute Gasteiger partial charge is 0.117 e. The van der Waals surface area contributed by atoms with E-state index in [2.05, 4.69) is 16.7 Å². The average Bonchev–Trinajstić information content (AvgIpc) is 2.40. The van der Waals surface area contributed by atoms with E-state index in [1.165, 1.54) is 0 Å². The van der Waals surface area contributed by atoms with Gasteiger partial charge in [-0.2, -0.15) is 5.10 Å². The van der Waals surface area contributed by atoms with Crippen LogP contribution in [0.2, 0.25) is 0 Å². The summed E-state index contributed by atoms with van der Waals surface area (Å²) in [4.78, 5) is 3.97. The summed E-state index contributed by atoms with van der Waals surface area (Å²) in [6.45, 7) is 5.70. The van der Waals surface area contributed by atoms with Gasteiger partial charge < -0.3 is 0 Å². The minimum absolute atomic E-state index is 0.984. The molecule has 0 bridgehead atoms. The molecule has 0 aromatic carbocycles. The Hall–Kier alpha value is -1.64. The summed E-state index contributed by atoms with van der Waals surface area (Å²) in [5.41, 5.74) is 3.12. The largest absolute Gasteiger partial charge is 0.245 e. The molecule has 0 amide bonds. The van der Waals surface area contributed by atoms with Crippen LogP contribution in [-0.2, 0) is 0 Å². The maximum atomic E-state index is 4.27. The zero-order valence-electron chi connectivity index (χ0n) is 6.86. The summed E-state index contributed by atoms with van der Waals surface area (Å²) in [6.07, 6.45) is 5.26. The standard InChI is InChI=1S/C9H9N3/c1-3-8-7(2)11-12-6-10-5-4-9(8)12/h3-6H,1H2,2H3. The van der Waals surface area contributed by atoms with E-state index < -0.39 is 0 Å². The number of hydrogen-bond acceptors (Lipinski definition) is 2. The molecule has 3 nitrogen and oxygen atoms in total. The van der Waals surface area contributed by atoms with Gasteiger partial charge in [0.1, 0.15) is 6.33 Å². The first-order valence-electron chi connectivity index (χ1n) is 3.74. The first-order chi connectivity index (χ1) is 5.83. The fraction of sp³-hybridized carbons (Fsp3) is 0.111. The number of nitrogens with zero attached hydrogens (tertiary/aromatic N) is 3. The molecule has 2 aromatic rings. The van der Waals surface area contributed by atoms with Crippen LogP contribution in [0.3, 0.4) is 0 Å². The number of aryl methyl sites for hydroxylation is 1. The number of rotatable bonds is 1. The third kappa shape index (κ3) is 0.830. The Morgan fingerprint density at radius 3 is 3.17 bits per heavy atom. The molecular weight excluding hydrogens is 150 g/mol. The fourth-order valence-electron chi connectivity index (χ4n) is 1.30. The Kier molecular flexibility index (Phi) is 1.43. The summed E-state index contributed by atoms with van der Waals surface area (Å²) >= 11 is 0. The molecular formula is C9H9N3. The van der Waals surface area contributed by atoms with Crippen molar-refractivity contribution < 1.29 is 0 Å². The average molecular weight is 159 g/mol. The molecule has 0 N–H and O–H groups in total. The molecule has 0 aliphatic carbocycles. The summed E-state index contributed by atoms with van der Waals surface area (Å²) < 4.78 is 1.76. The van der Waals surface area contributed by atoms with E-state index in [4.69, 9.17) is 0 Å². The first kappa shape index (κ1) is 7.03. The highest BCUT2D eigenvalue weighted by atomic mass is 15.2. The molecule has 60 valence electrons. The molecule has 0 fully saturated rings. The van der Waals surface area contributed by atoms with Crippen LogP contribution < -0.4 is 0 Å². The second-order valence-corrected chi connectivity index (χ2v) is 2.61. The Bertz CT molecular complexity index is 428. The van der Waals surface area contributed by atoms with Gasteiger partial charge in [0.15, 0.2) is 0 Å². The first-order valence-corrected chi connectivity index (χ1v) is 3.74. The van der Waals surface area contributed by atoms with E-state index in [1.807, 2.05) is 19.1 Å². The normalized spacial score (nSPS) is 10.4. The molecule has 0 spiro atoms. The van der Waals surface area contributed by atoms with Crippen LogP contribution in [0, 0.1) is 6.92 Å². The molecule has 0 unspecified atom stereocenters. The van der Waals surface area contributed by atoms with E-state index in [0.717, 1.165) is 16.8 Å². The van der Waals surface area contributed by atoms with Gasteiger partial charge in [-0.15, -0.1) is 0 Å². The number of fused-ring (bicyclic) bond motifs is 1. The maximum Gasteiger partial charge on any atom is 0.117 e. The predicted molar refractivity (Wildman–Crippen MR) is 47.8 cm³/mol. The van der Waals surface area contributed by atoms with Gasteiger partial charge in [0, 0.05) is 11.8 Å². The van der Waals surface area contributed by atoms with Crippen molar-refractivity contribution in [2.24, 2.45) is 0 Å². The monoisotopic (exact) mass is 159 g/mol. The Balaban J connectivity index is 2.90. The van der Waals surface area contributed by atoms with Gasteiger partial charge in [-0.3, -0.25) is 0 Å². The van der Waals surface area contributed by atoms with Crippen molar-refractivity contribution >= 4 is 11.6 Å². The molecule has 12 heavy (non-hydrogen) atoms. The summed E-state index contributed by atoms with van der Waals surface area (Å²) in [5.74, 6) is 0. The van der Waals surface area contributed by atoms with Gasteiger partial charge in [0.05, 0.1) is 11.2 Å². The predicted octanol–water partition coefficient (Wildman–Crippen LogP) is 1.68. The van der Waals surface area contributed by atoms with Crippen molar-refractivity contribution in [3.8, 4) is 0 Å². The lowest BCUT2D eigenvalue weighted by Crippen LogP contribution is -1.86. The van der Waals surface area contributed by atoms with E-state index in [9.17, 15) is 0 Å². The zero-order valence-corrected chi connectivity index (χ0v) is 6.86. The van der Waals surface area contributed by atoms with E-state index in [-0.39, 0.29) is 0 Å². The van der Waals surface area contributed by atoms with Gasteiger partial charge in [0.2, 0.25) is 0 Å². The second-order valence-electron chi connectivity index (χ2n) is 2.61. The van der Waals surface area contributed by atoms with Crippen LogP contribution in [0.25, 0.3) is 11.6 Å². The minimum Gasteiger partial charge on any atom is -0.245 e. The third-order valence-electron chi connectivity index (χ3n) is 1.87. The quantitative estimate of drug-likeness (QED) is 0.633. The van der Waals surface area contributed by atoms with Crippen molar-refractivity contribution in [3.05, 3.63) is 36.4 Å². The lowest BCUT2D eigenvalue weighted by Gasteiger charge is -1.89. The molecule has 0 aliphatic rings. The van der Waals surface area contributed by atoms with Crippen molar-refractivity contribution in [3.63, 3.8) is 0 Å². The summed E-state index contributed by atoms with van der Waals surface area (Å²) in [6, 6.07) is 1.93. The SMILES string of the molecule is C=Cc1c(C)nn2cnccc12. The van der Waals surface area contributed by atoms with Crippen LogP contribution in [0.4, 0.5) is 0 Å². The Morgan fingerprint density at radius 1 is 1.58 bits per heavy atom. The fourth-order valence-corrected chi connectivity index (χ4v) is 1.30. The summed E-state index contributed by atoms with van der Waals surface area (Å²) in [7, 11) is 0. The van der Waals surface area contributed by atoms with Crippen LogP contribution in [0.1, 0.15) is 11.3 Å². The molecule has 0 radical (unpaired) electrons. The lowest BCUT2D eigenvalue weighted by molar-refractivity contribution is 0.901. The molecule has 2 rings (SSSR count). The third-order valence-corrected chi connectivity index (χ3v) is 1.87. The van der Waals surface area contributed by atoms with Crippen LogP contribution >= 0.6 is 0 Å². The molecule has 2 aromatic heterocycles. The van der Waals surface area contributed by atoms with Crippen LogP contribution in [0.15, 0.2) is 25.2 Å². The molecule has 2 heterocycles. The Labute approximate surface area is 70.4 Å². The maximum absolute atomic E-state index is 4.27. The second kappa shape index (κ2) is 2.44. The lowest BCUT2D eigenvalue weighted by atomic mass is 10.2. The molecule has 0 saturated heterocycles. The van der Waals surface area contributed by atoms with Crippen molar-refractivity contribution in [2.45, 2.75) is 6.92 Å². The van der Waals surface area contributed by atoms with Gasteiger partial charge in [-0.1, -0.05) is 12.7 Å². The van der Waals surface area contributed by atoms with Gasteiger partial charge in [0.25, 0.3) is 0 Å². The van der Waals surface area contributed by atoms with Crippen molar-refractivity contribution in [1.82, 2.24) is 14.6 Å². The van der Waals surface area contributed by atoms with Gasteiger partial charge in [-0.25, -0.2) is 9.50 Å². The van der Waals surface area contributed by atoms with Gasteiger partial charge in [-0.05, 0) is 13.0 Å². The van der Waals surface area contributed by atoms with E-state index in [0.29, 0.717) is 0 Å². The van der Waals surface area contributed by atoms with Gasteiger partial charge >= 0.3 is 0 Å². The zero-order chi connectivity index (χ0) is 8.55. The number of hydrogen-bond donors (Lipinski definition) is 0. The topological polar surface area (TPSA) is 30.2 Å². The highest BCUT2D eigenvalue weighted by molar-refractivity contribution is 5.69. The minimum atomic E-state index is 0.984. The highest BCUT2D eigenvalue weighted by Crippen LogP contribution is 2.14. The molecule has 0 aliphatic heterocycles. The van der Waals surface area contributed by atoms with Crippen LogP contribution in [0.5, 0.6) is 0 Å². The Morgan fingerprint density at radius 2 is 2.42 bits per heavy atom. The van der Waals surface area contributed by atoms with Crippen LogP contribution in [-0.4, -0.2) is 14.6 Å².